The summed E-state index contributed by atoms with van der Waals surface area (Å²) in [7, 11) is 0. The van der Waals surface area contributed by atoms with Crippen LogP contribution >= 0.6 is 0 Å². The highest BCUT2D eigenvalue weighted by Crippen LogP contribution is 2.02. The average Bonchev–Trinajstić information content (AvgIpc) is 2.61. The molecule has 0 saturated heterocycles. The van der Waals surface area contributed by atoms with E-state index in [0.29, 0.717) is 33.0 Å². The van der Waals surface area contributed by atoms with Gasteiger partial charge in [-0.3, -0.25) is 0 Å². The van der Waals surface area contributed by atoms with Gasteiger partial charge in [-0.25, -0.2) is 0 Å². The lowest BCUT2D eigenvalue weighted by atomic mass is 10.2. The fraction of sp³-hybridized carbons (Fsp3) is 0.810. The monoisotopic (exact) mass is 374 g/mol. The third-order valence-electron chi connectivity index (χ3n) is 3.37. The summed E-state index contributed by atoms with van der Waals surface area (Å²) in [6, 6.07) is 0. The van der Waals surface area contributed by atoms with E-state index in [2.05, 4.69) is 27.0 Å². The predicted octanol–water partition coefficient (Wildman–Crippen LogP) is 3.89. The van der Waals surface area contributed by atoms with Gasteiger partial charge in [-0.05, 0) is 26.2 Å². The topological polar surface area (TPSA) is 68.2 Å². The molecule has 156 valence electrons. The van der Waals surface area contributed by atoms with E-state index < -0.39 is 6.10 Å². The lowest BCUT2D eigenvalue weighted by Gasteiger charge is -2.10. The van der Waals surface area contributed by atoms with Crippen LogP contribution in [-0.2, 0) is 14.2 Å². The maximum absolute atomic E-state index is 9.40. The van der Waals surface area contributed by atoms with Crippen LogP contribution in [0.3, 0.4) is 0 Å². The summed E-state index contributed by atoms with van der Waals surface area (Å²) in [5.41, 5.74) is 1.13. The van der Waals surface area contributed by atoms with E-state index in [-0.39, 0.29) is 6.10 Å². The second-order valence-electron chi connectivity index (χ2n) is 6.49. The van der Waals surface area contributed by atoms with Crippen LogP contribution < -0.4 is 0 Å². The molecule has 0 aliphatic carbocycles. The highest BCUT2D eigenvalue weighted by atomic mass is 16.5. The van der Waals surface area contributed by atoms with E-state index in [1.807, 2.05) is 6.92 Å². The lowest BCUT2D eigenvalue weighted by molar-refractivity contribution is -0.0134. The molecule has 0 aliphatic heterocycles. The summed E-state index contributed by atoms with van der Waals surface area (Å²) in [4.78, 5) is 0. The maximum atomic E-state index is 9.40. The van der Waals surface area contributed by atoms with Crippen LogP contribution in [0.1, 0.15) is 59.3 Å². The Morgan fingerprint density at radius 2 is 1.50 bits per heavy atom. The summed E-state index contributed by atoms with van der Waals surface area (Å²) in [5, 5.41) is 18.7. The normalized spacial score (nSPS) is 12.8. The van der Waals surface area contributed by atoms with Crippen molar-refractivity contribution in [2.24, 2.45) is 0 Å². The molecule has 0 aromatic heterocycles. The maximum Gasteiger partial charge on any atom is 0.101 e. The molecule has 2 N–H and O–H groups in total. The summed E-state index contributed by atoms with van der Waals surface area (Å²) in [6.07, 6.45) is 6.95. The zero-order chi connectivity index (χ0) is 20.0. The summed E-state index contributed by atoms with van der Waals surface area (Å²) in [5.74, 6) is 0. The van der Waals surface area contributed by atoms with Crippen LogP contribution in [0.4, 0.5) is 0 Å². The molecule has 0 aromatic carbocycles. The molecule has 0 radical (unpaired) electrons. The third-order valence-corrected chi connectivity index (χ3v) is 3.37. The molecule has 0 fully saturated rings. The lowest BCUT2D eigenvalue weighted by Crippen LogP contribution is -2.22. The number of hydrogen-bond donors (Lipinski definition) is 2. The molecule has 0 aromatic rings. The molecule has 5 heteroatoms. The van der Waals surface area contributed by atoms with Gasteiger partial charge in [-0.15, -0.1) is 13.2 Å². The number of unbranched alkanes of at least 4 members (excludes halogenated alkanes) is 2. The van der Waals surface area contributed by atoms with Gasteiger partial charge in [0.05, 0.1) is 39.1 Å². The molecule has 0 bridgehead atoms. The van der Waals surface area contributed by atoms with Gasteiger partial charge < -0.3 is 24.4 Å². The molecule has 26 heavy (non-hydrogen) atoms. The smallest absolute Gasteiger partial charge is 0.101 e. The van der Waals surface area contributed by atoms with Gasteiger partial charge in [-0.2, -0.15) is 0 Å². The van der Waals surface area contributed by atoms with Gasteiger partial charge in [-0.1, -0.05) is 44.8 Å². The van der Waals surface area contributed by atoms with Crippen LogP contribution in [0.25, 0.3) is 0 Å². The van der Waals surface area contributed by atoms with E-state index in [0.717, 1.165) is 50.7 Å². The molecule has 2 unspecified atom stereocenters. The molecule has 0 heterocycles. The fourth-order valence-corrected chi connectivity index (χ4v) is 1.79. The summed E-state index contributed by atoms with van der Waals surface area (Å²) in [6.45, 7) is 16.5. The minimum absolute atomic E-state index is 0.287. The van der Waals surface area contributed by atoms with Gasteiger partial charge in [0.25, 0.3) is 0 Å². The summed E-state index contributed by atoms with van der Waals surface area (Å²) < 4.78 is 15.6. The first kappa shape index (κ1) is 27.5. The second kappa shape index (κ2) is 22.3. The van der Waals surface area contributed by atoms with Gasteiger partial charge in [0.2, 0.25) is 0 Å². The highest BCUT2D eigenvalue weighted by Gasteiger charge is 2.03. The van der Waals surface area contributed by atoms with E-state index in [4.69, 9.17) is 14.2 Å². The Kier molecular flexibility index (Phi) is 23.6. The minimum atomic E-state index is -0.517. The number of hydrogen-bond acceptors (Lipinski definition) is 5. The number of rotatable bonds is 17. The zero-order valence-electron chi connectivity index (χ0n) is 17.3. The largest absolute Gasteiger partial charge is 0.391 e. The van der Waals surface area contributed by atoms with Gasteiger partial charge in [0, 0.05) is 6.61 Å². The molecular weight excluding hydrogens is 332 g/mol. The van der Waals surface area contributed by atoms with Crippen molar-refractivity contribution in [3.63, 3.8) is 0 Å². The Bertz CT molecular complexity index is 307. The third kappa shape index (κ3) is 25.5. The molecule has 0 spiro atoms. The average molecular weight is 375 g/mol. The number of aliphatic hydroxyl groups excluding tert-OH is 2. The molecule has 5 nitrogen and oxygen atoms in total. The van der Waals surface area contributed by atoms with Crippen LogP contribution in [0.5, 0.6) is 0 Å². The van der Waals surface area contributed by atoms with Gasteiger partial charge in [0.15, 0.2) is 0 Å². The van der Waals surface area contributed by atoms with E-state index in [1.165, 1.54) is 0 Å². The SMILES string of the molecule is C=C(C)CCOCC(O)CCCC.C=CCOCC(O)COCCCC. The Hall–Kier alpha value is -0.720. The molecular formula is C21H42O5. The Morgan fingerprint density at radius 1 is 0.923 bits per heavy atom. The van der Waals surface area contributed by atoms with E-state index in [9.17, 15) is 10.2 Å². The van der Waals surface area contributed by atoms with Gasteiger partial charge >= 0.3 is 0 Å². The molecule has 0 amide bonds. The fourth-order valence-electron chi connectivity index (χ4n) is 1.79. The Labute approximate surface area is 161 Å². The molecule has 0 aliphatic rings. The van der Waals surface area contributed by atoms with Crippen molar-refractivity contribution in [3.8, 4) is 0 Å². The van der Waals surface area contributed by atoms with Crippen LogP contribution in [0, 0.1) is 0 Å². The van der Waals surface area contributed by atoms with Crippen molar-refractivity contribution >= 4 is 0 Å². The summed E-state index contributed by atoms with van der Waals surface area (Å²) >= 11 is 0. The zero-order valence-corrected chi connectivity index (χ0v) is 17.3. The van der Waals surface area contributed by atoms with Crippen molar-refractivity contribution in [2.75, 3.05) is 39.6 Å². The van der Waals surface area contributed by atoms with Crippen molar-refractivity contribution in [1.29, 1.82) is 0 Å². The van der Waals surface area contributed by atoms with Crippen LogP contribution in [-0.4, -0.2) is 62.1 Å². The quantitative estimate of drug-likeness (QED) is 0.299. The Balaban J connectivity index is 0. The molecule has 0 rings (SSSR count). The van der Waals surface area contributed by atoms with Crippen LogP contribution in [0.2, 0.25) is 0 Å². The van der Waals surface area contributed by atoms with Crippen molar-refractivity contribution in [2.45, 2.75) is 71.5 Å². The van der Waals surface area contributed by atoms with E-state index in [1.54, 1.807) is 6.08 Å². The first-order valence-electron chi connectivity index (χ1n) is 9.82. The van der Waals surface area contributed by atoms with E-state index >= 15 is 0 Å². The van der Waals surface area contributed by atoms with Crippen molar-refractivity contribution < 1.29 is 24.4 Å². The second-order valence-corrected chi connectivity index (χ2v) is 6.49. The minimum Gasteiger partial charge on any atom is -0.391 e. The highest BCUT2D eigenvalue weighted by molar-refractivity contribution is 4.87. The van der Waals surface area contributed by atoms with Crippen molar-refractivity contribution in [1.82, 2.24) is 0 Å². The first-order valence-corrected chi connectivity index (χ1v) is 9.82. The molecule has 0 saturated carbocycles. The predicted molar refractivity (Wildman–Crippen MR) is 109 cm³/mol. The van der Waals surface area contributed by atoms with Crippen LogP contribution in [0.15, 0.2) is 24.8 Å². The standard InChI is InChI=1S/C11H22O2.C10H20O3/c1-4-5-6-11(12)9-13-8-7-10(2)3;1-3-5-7-13-9-10(11)8-12-6-4-2/h11-12H,2,4-9H2,1,3H3;4,10-11H,2-3,5-9H2,1H3. The molecule has 2 atom stereocenters. The number of ether oxygens (including phenoxy) is 3. The number of aliphatic hydroxyl groups is 2. The Morgan fingerprint density at radius 3 is 2.08 bits per heavy atom. The van der Waals surface area contributed by atoms with Crippen molar-refractivity contribution in [3.05, 3.63) is 24.8 Å². The first-order chi connectivity index (χ1) is 12.5. The van der Waals surface area contributed by atoms with Gasteiger partial charge in [0.1, 0.15) is 6.10 Å².